The van der Waals surface area contributed by atoms with E-state index in [0.29, 0.717) is 18.7 Å². The van der Waals surface area contributed by atoms with E-state index in [1.807, 2.05) is 41.3 Å². The second-order valence-corrected chi connectivity index (χ2v) is 12.0. The molecule has 1 aliphatic rings. The molecule has 1 saturated heterocycles. The van der Waals surface area contributed by atoms with Crippen LogP contribution in [0.15, 0.2) is 77.7 Å². The van der Waals surface area contributed by atoms with Crippen molar-refractivity contribution in [1.29, 1.82) is 0 Å². The lowest BCUT2D eigenvalue weighted by Gasteiger charge is -2.36. The summed E-state index contributed by atoms with van der Waals surface area (Å²) < 4.78 is 33.6. The highest BCUT2D eigenvalue weighted by molar-refractivity contribution is 7.89. The van der Waals surface area contributed by atoms with E-state index in [1.165, 1.54) is 0 Å². The highest BCUT2D eigenvalue weighted by Crippen LogP contribution is 2.28. The van der Waals surface area contributed by atoms with Crippen LogP contribution in [0.4, 0.5) is 5.69 Å². The molecule has 0 saturated carbocycles. The summed E-state index contributed by atoms with van der Waals surface area (Å²) in [6.07, 6.45) is 0. The first-order chi connectivity index (χ1) is 17.6. The standard InChI is InChI=1S/C29H35N3O4S/c1-29(2,3)24-13-15-25(16-14-24)37(34,35)30-21-22-9-11-23(12-10-22)28(33)32-19-17-31(18-20-32)26-7-5-6-8-27(26)36-4/h5-16,30H,17-21H2,1-4H3. The number of methoxy groups -OCH3 is 1. The number of ether oxygens (including phenoxy) is 1. The predicted octanol–water partition coefficient (Wildman–Crippen LogP) is 4.43. The van der Waals surface area contributed by atoms with Crippen LogP contribution in [-0.4, -0.2) is 52.5 Å². The number of benzene rings is 3. The van der Waals surface area contributed by atoms with Crippen LogP contribution in [0.1, 0.15) is 42.3 Å². The number of hydrogen-bond donors (Lipinski definition) is 1. The zero-order chi connectivity index (χ0) is 26.6. The number of anilines is 1. The second-order valence-electron chi connectivity index (χ2n) is 10.2. The Balaban J connectivity index is 1.33. The lowest BCUT2D eigenvalue weighted by atomic mass is 9.87. The third-order valence-electron chi connectivity index (χ3n) is 6.69. The number of sulfonamides is 1. The Labute approximate surface area is 220 Å². The molecule has 0 atom stereocenters. The van der Waals surface area contributed by atoms with Crippen LogP contribution in [0.25, 0.3) is 0 Å². The molecule has 1 heterocycles. The maximum atomic E-state index is 13.0. The Morgan fingerprint density at radius 3 is 2.11 bits per heavy atom. The second kappa shape index (κ2) is 10.9. The summed E-state index contributed by atoms with van der Waals surface area (Å²) in [5.41, 5.74) is 3.45. The molecule has 1 fully saturated rings. The van der Waals surface area contributed by atoms with Crippen molar-refractivity contribution in [2.24, 2.45) is 0 Å². The van der Waals surface area contributed by atoms with Gasteiger partial charge in [0.25, 0.3) is 5.91 Å². The summed E-state index contributed by atoms with van der Waals surface area (Å²) in [6, 6.07) is 22.0. The lowest BCUT2D eigenvalue weighted by molar-refractivity contribution is 0.0746. The van der Waals surface area contributed by atoms with Gasteiger partial charge in [0.2, 0.25) is 10.0 Å². The van der Waals surface area contributed by atoms with E-state index in [2.05, 4.69) is 30.4 Å². The van der Waals surface area contributed by atoms with Crippen LogP contribution in [0.2, 0.25) is 0 Å². The van der Waals surface area contributed by atoms with E-state index >= 15 is 0 Å². The Kier molecular flexibility index (Phi) is 7.90. The van der Waals surface area contributed by atoms with Crippen LogP contribution in [0.3, 0.4) is 0 Å². The molecule has 0 radical (unpaired) electrons. The normalized spacial score (nSPS) is 14.5. The van der Waals surface area contributed by atoms with Gasteiger partial charge in [-0.05, 0) is 52.9 Å². The van der Waals surface area contributed by atoms with Gasteiger partial charge in [0.15, 0.2) is 0 Å². The van der Waals surface area contributed by atoms with Gasteiger partial charge in [-0.3, -0.25) is 4.79 Å². The van der Waals surface area contributed by atoms with Crippen LogP contribution in [0, 0.1) is 0 Å². The molecule has 4 rings (SSSR count). The van der Waals surface area contributed by atoms with Crippen molar-refractivity contribution in [1.82, 2.24) is 9.62 Å². The van der Waals surface area contributed by atoms with Crippen molar-refractivity contribution in [2.45, 2.75) is 37.6 Å². The van der Waals surface area contributed by atoms with Gasteiger partial charge in [0.1, 0.15) is 5.75 Å². The molecule has 196 valence electrons. The van der Waals surface area contributed by atoms with Crippen molar-refractivity contribution in [3.63, 3.8) is 0 Å². The van der Waals surface area contributed by atoms with Gasteiger partial charge >= 0.3 is 0 Å². The van der Waals surface area contributed by atoms with E-state index in [-0.39, 0.29) is 22.8 Å². The van der Waals surface area contributed by atoms with Crippen molar-refractivity contribution >= 4 is 21.6 Å². The zero-order valence-corrected chi connectivity index (χ0v) is 22.7. The summed E-state index contributed by atoms with van der Waals surface area (Å²) in [5.74, 6) is 0.807. The minimum atomic E-state index is -3.64. The first-order valence-corrected chi connectivity index (χ1v) is 13.9. The minimum Gasteiger partial charge on any atom is -0.495 e. The smallest absolute Gasteiger partial charge is 0.253 e. The van der Waals surface area contributed by atoms with Crippen LogP contribution < -0.4 is 14.4 Å². The molecule has 1 N–H and O–H groups in total. The number of nitrogens with zero attached hydrogens (tertiary/aromatic N) is 2. The molecular weight excluding hydrogens is 486 g/mol. The highest BCUT2D eigenvalue weighted by Gasteiger charge is 2.24. The van der Waals surface area contributed by atoms with E-state index in [4.69, 9.17) is 4.74 Å². The topological polar surface area (TPSA) is 79.0 Å². The van der Waals surface area contributed by atoms with E-state index in [9.17, 15) is 13.2 Å². The van der Waals surface area contributed by atoms with Gasteiger partial charge in [-0.25, -0.2) is 13.1 Å². The Hall–Kier alpha value is -3.36. The van der Waals surface area contributed by atoms with Gasteiger partial charge in [-0.2, -0.15) is 0 Å². The molecule has 1 aliphatic heterocycles. The van der Waals surface area contributed by atoms with Crippen LogP contribution in [0.5, 0.6) is 5.75 Å². The van der Waals surface area contributed by atoms with Gasteiger partial charge < -0.3 is 14.5 Å². The fourth-order valence-electron chi connectivity index (χ4n) is 4.38. The molecule has 3 aromatic carbocycles. The number of rotatable bonds is 7. The summed E-state index contributed by atoms with van der Waals surface area (Å²) in [4.78, 5) is 17.4. The van der Waals surface area contributed by atoms with Gasteiger partial charge in [0, 0.05) is 38.3 Å². The number of hydrogen-bond acceptors (Lipinski definition) is 5. The number of piperazine rings is 1. The Bertz CT molecular complexity index is 1320. The molecule has 0 aromatic heterocycles. The van der Waals surface area contributed by atoms with Crippen molar-refractivity contribution in [3.05, 3.63) is 89.5 Å². The Morgan fingerprint density at radius 1 is 0.892 bits per heavy atom. The highest BCUT2D eigenvalue weighted by atomic mass is 32.2. The maximum absolute atomic E-state index is 13.0. The van der Waals surface area contributed by atoms with Crippen LogP contribution in [-0.2, 0) is 22.0 Å². The number of para-hydroxylation sites is 2. The van der Waals surface area contributed by atoms with E-state index in [1.54, 1.807) is 43.5 Å². The molecule has 37 heavy (non-hydrogen) atoms. The number of carbonyl (C=O) groups is 1. The number of nitrogens with one attached hydrogen (secondary N) is 1. The Morgan fingerprint density at radius 2 is 1.51 bits per heavy atom. The summed E-state index contributed by atoms with van der Waals surface area (Å²) in [7, 11) is -1.97. The average molecular weight is 522 g/mol. The molecule has 0 unspecified atom stereocenters. The quantitative estimate of drug-likeness (QED) is 0.498. The summed E-state index contributed by atoms with van der Waals surface area (Å²) >= 11 is 0. The molecular formula is C29H35N3O4S. The van der Waals surface area contributed by atoms with E-state index < -0.39 is 10.0 Å². The maximum Gasteiger partial charge on any atom is 0.253 e. The fourth-order valence-corrected chi connectivity index (χ4v) is 5.40. The van der Waals surface area contributed by atoms with Gasteiger partial charge in [0.05, 0.1) is 17.7 Å². The van der Waals surface area contributed by atoms with E-state index in [0.717, 1.165) is 35.7 Å². The molecule has 3 aromatic rings. The summed E-state index contributed by atoms with van der Waals surface area (Å²) in [5, 5.41) is 0. The number of amides is 1. The largest absolute Gasteiger partial charge is 0.495 e. The SMILES string of the molecule is COc1ccccc1N1CCN(C(=O)c2ccc(CNS(=O)(=O)c3ccc(C(C)(C)C)cc3)cc2)CC1. The first-order valence-electron chi connectivity index (χ1n) is 12.4. The minimum absolute atomic E-state index is 0.0225. The molecule has 0 spiro atoms. The molecule has 0 aliphatic carbocycles. The molecule has 0 bridgehead atoms. The first kappa shape index (κ1) is 26.7. The monoisotopic (exact) mass is 521 g/mol. The van der Waals surface area contributed by atoms with Crippen LogP contribution >= 0.6 is 0 Å². The third-order valence-corrected chi connectivity index (χ3v) is 8.11. The van der Waals surface area contributed by atoms with Crippen molar-refractivity contribution in [2.75, 3.05) is 38.2 Å². The predicted molar refractivity (Wildman–Crippen MR) is 147 cm³/mol. The molecule has 7 nitrogen and oxygen atoms in total. The van der Waals surface area contributed by atoms with Gasteiger partial charge in [-0.1, -0.05) is 57.2 Å². The van der Waals surface area contributed by atoms with Crippen molar-refractivity contribution < 1.29 is 17.9 Å². The third kappa shape index (κ3) is 6.32. The molecule has 1 amide bonds. The van der Waals surface area contributed by atoms with Gasteiger partial charge in [-0.15, -0.1) is 0 Å². The zero-order valence-electron chi connectivity index (χ0n) is 21.9. The molecule has 8 heteroatoms. The average Bonchev–Trinajstić information content (AvgIpc) is 2.91. The summed E-state index contributed by atoms with van der Waals surface area (Å²) in [6.45, 7) is 9.10. The lowest BCUT2D eigenvalue weighted by Crippen LogP contribution is -2.48. The fraction of sp³-hybridized carbons (Fsp3) is 0.345. The number of carbonyl (C=O) groups excluding carboxylic acids is 1. The van der Waals surface area contributed by atoms with Crippen molar-refractivity contribution in [3.8, 4) is 5.75 Å².